The van der Waals surface area contributed by atoms with E-state index in [1.165, 1.54) is 21.7 Å². The van der Waals surface area contributed by atoms with Crippen molar-refractivity contribution in [1.29, 1.82) is 0 Å². The van der Waals surface area contributed by atoms with Gasteiger partial charge < -0.3 is 5.32 Å². The van der Waals surface area contributed by atoms with Crippen LogP contribution in [0.3, 0.4) is 0 Å². The van der Waals surface area contributed by atoms with Crippen LogP contribution in [-0.2, 0) is 6.54 Å². The SMILES string of the molecule is C[C@@H](NCc1ccc2ccccc2n1)c1cccc2ccccc12. The topological polar surface area (TPSA) is 24.9 Å². The smallest absolute Gasteiger partial charge is 0.0705 e. The fourth-order valence-corrected chi connectivity index (χ4v) is 3.20. The van der Waals surface area contributed by atoms with E-state index in [-0.39, 0.29) is 6.04 Å². The lowest BCUT2D eigenvalue weighted by Gasteiger charge is -2.16. The molecular weight excluding hydrogens is 292 g/mol. The molecule has 0 bridgehead atoms. The van der Waals surface area contributed by atoms with Gasteiger partial charge in [0, 0.05) is 18.0 Å². The molecule has 2 nitrogen and oxygen atoms in total. The molecule has 24 heavy (non-hydrogen) atoms. The van der Waals surface area contributed by atoms with Crippen LogP contribution in [0.25, 0.3) is 21.7 Å². The molecule has 0 amide bonds. The molecule has 1 atom stereocenters. The molecule has 0 aliphatic heterocycles. The number of nitrogens with one attached hydrogen (secondary N) is 1. The molecule has 1 aromatic heterocycles. The van der Waals surface area contributed by atoms with Crippen molar-refractivity contribution in [2.45, 2.75) is 19.5 Å². The summed E-state index contributed by atoms with van der Waals surface area (Å²) in [6, 6.07) is 27.8. The van der Waals surface area contributed by atoms with E-state index in [0.717, 1.165) is 17.8 Å². The largest absolute Gasteiger partial charge is 0.305 e. The van der Waals surface area contributed by atoms with Crippen molar-refractivity contribution >= 4 is 21.7 Å². The van der Waals surface area contributed by atoms with Gasteiger partial charge in [-0.1, -0.05) is 66.7 Å². The Morgan fingerprint density at radius 3 is 2.46 bits per heavy atom. The van der Waals surface area contributed by atoms with E-state index in [2.05, 4.69) is 79.0 Å². The van der Waals surface area contributed by atoms with Gasteiger partial charge in [-0.3, -0.25) is 4.98 Å². The Morgan fingerprint density at radius 2 is 1.54 bits per heavy atom. The molecule has 3 aromatic carbocycles. The maximum atomic E-state index is 4.74. The molecule has 4 aromatic rings. The van der Waals surface area contributed by atoms with Crippen molar-refractivity contribution in [3.63, 3.8) is 0 Å². The first-order valence-corrected chi connectivity index (χ1v) is 8.37. The molecular formula is C22H20N2. The van der Waals surface area contributed by atoms with Gasteiger partial charge in [0.25, 0.3) is 0 Å². The quantitative estimate of drug-likeness (QED) is 0.557. The minimum atomic E-state index is 0.268. The zero-order chi connectivity index (χ0) is 16.4. The molecule has 0 saturated carbocycles. The Hall–Kier alpha value is -2.71. The highest BCUT2D eigenvalue weighted by atomic mass is 14.9. The number of nitrogens with zero attached hydrogens (tertiary/aromatic N) is 1. The lowest BCUT2D eigenvalue weighted by molar-refractivity contribution is 0.572. The molecule has 0 unspecified atom stereocenters. The Morgan fingerprint density at radius 1 is 0.792 bits per heavy atom. The van der Waals surface area contributed by atoms with E-state index >= 15 is 0 Å². The summed E-state index contributed by atoms with van der Waals surface area (Å²) < 4.78 is 0. The summed E-state index contributed by atoms with van der Waals surface area (Å²) in [5.41, 5.74) is 3.45. The van der Waals surface area contributed by atoms with Gasteiger partial charge in [-0.05, 0) is 35.4 Å². The van der Waals surface area contributed by atoms with E-state index in [1.54, 1.807) is 0 Å². The Labute approximate surface area is 142 Å². The minimum Gasteiger partial charge on any atom is -0.305 e. The van der Waals surface area contributed by atoms with Gasteiger partial charge in [0.2, 0.25) is 0 Å². The van der Waals surface area contributed by atoms with Gasteiger partial charge in [-0.25, -0.2) is 0 Å². The van der Waals surface area contributed by atoms with Gasteiger partial charge in [-0.2, -0.15) is 0 Å². The third-order valence-corrected chi connectivity index (χ3v) is 4.54. The summed E-state index contributed by atoms with van der Waals surface area (Å²) in [4.78, 5) is 4.74. The summed E-state index contributed by atoms with van der Waals surface area (Å²) in [6.07, 6.45) is 0. The number of benzene rings is 3. The molecule has 0 aliphatic rings. The molecule has 0 aliphatic carbocycles. The zero-order valence-electron chi connectivity index (χ0n) is 13.7. The van der Waals surface area contributed by atoms with E-state index in [9.17, 15) is 0 Å². The van der Waals surface area contributed by atoms with E-state index in [0.29, 0.717) is 0 Å². The molecule has 118 valence electrons. The average molecular weight is 312 g/mol. The third kappa shape index (κ3) is 2.89. The van der Waals surface area contributed by atoms with Crippen molar-refractivity contribution in [1.82, 2.24) is 10.3 Å². The summed E-state index contributed by atoms with van der Waals surface area (Å²) >= 11 is 0. The van der Waals surface area contributed by atoms with Gasteiger partial charge in [0.05, 0.1) is 11.2 Å². The molecule has 0 spiro atoms. The second-order valence-corrected chi connectivity index (χ2v) is 6.17. The lowest BCUT2D eigenvalue weighted by atomic mass is 9.99. The van der Waals surface area contributed by atoms with Crippen LogP contribution >= 0.6 is 0 Å². The van der Waals surface area contributed by atoms with Gasteiger partial charge >= 0.3 is 0 Å². The van der Waals surface area contributed by atoms with Crippen LogP contribution in [0.4, 0.5) is 0 Å². The first-order valence-electron chi connectivity index (χ1n) is 8.37. The number of para-hydroxylation sites is 1. The summed E-state index contributed by atoms with van der Waals surface area (Å²) in [5, 5.41) is 7.39. The zero-order valence-corrected chi connectivity index (χ0v) is 13.7. The summed E-state index contributed by atoms with van der Waals surface area (Å²) in [5.74, 6) is 0. The number of hydrogen-bond donors (Lipinski definition) is 1. The average Bonchev–Trinajstić information content (AvgIpc) is 2.65. The van der Waals surface area contributed by atoms with Crippen LogP contribution in [0.1, 0.15) is 24.2 Å². The van der Waals surface area contributed by atoms with Gasteiger partial charge in [0.1, 0.15) is 0 Å². The number of pyridine rings is 1. The van der Waals surface area contributed by atoms with E-state index < -0.39 is 0 Å². The molecule has 1 N–H and O–H groups in total. The first-order chi connectivity index (χ1) is 11.8. The number of fused-ring (bicyclic) bond motifs is 2. The summed E-state index contributed by atoms with van der Waals surface area (Å²) in [6.45, 7) is 2.97. The standard InChI is InChI=1S/C22H20N2/c1-16(20-11-6-9-17-7-2-4-10-21(17)20)23-15-19-14-13-18-8-3-5-12-22(18)24-19/h2-14,16,23H,15H2,1H3/t16-/m1/s1. The lowest BCUT2D eigenvalue weighted by Crippen LogP contribution is -2.19. The van der Waals surface area contributed by atoms with Crippen molar-refractivity contribution in [3.05, 3.63) is 90.1 Å². The maximum absolute atomic E-state index is 4.74. The molecule has 0 saturated heterocycles. The number of aromatic nitrogens is 1. The van der Waals surface area contributed by atoms with Crippen LogP contribution in [0.5, 0.6) is 0 Å². The van der Waals surface area contributed by atoms with E-state index in [1.807, 2.05) is 12.1 Å². The van der Waals surface area contributed by atoms with Gasteiger partial charge in [-0.15, -0.1) is 0 Å². The second kappa shape index (κ2) is 6.42. The maximum Gasteiger partial charge on any atom is 0.0705 e. The van der Waals surface area contributed by atoms with Crippen LogP contribution in [0.15, 0.2) is 78.9 Å². The second-order valence-electron chi connectivity index (χ2n) is 6.17. The van der Waals surface area contributed by atoms with E-state index in [4.69, 9.17) is 4.98 Å². The molecule has 4 rings (SSSR count). The fourth-order valence-electron chi connectivity index (χ4n) is 3.20. The highest BCUT2D eigenvalue weighted by molar-refractivity contribution is 5.86. The molecule has 0 radical (unpaired) electrons. The van der Waals surface area contributed by atoms with Crippen LogP contribution < -0.4 is 5.32 Å². The van der Waals surface area contributed by atoms with Crippen molar-refractivity contribution in [2.75, 3.05) is 0 Å². The van der Waals surface area contributed by atoms with Crippen molar-refractivity contribution in [3.8, 4) is 0 Å². The highest BCUT2D eigenvalue weighted by Gasteiger charge is 2.09. The Bertz CT molecular complexity index is 986. The Kier molecular flexibility index (Phi) is 3.97. The minimum absolute atomic E-state index is 0.268. The van der Waals surface area contributed by atoms with Crippen LogP contribution in [0, 0.1) is 0 Å². The summed E-state index contributed by atoms with van der Waals surface area (Å²) in [7, 11) is 0. The monoisotopic (exact) mass is 312 g/mol. The highest BCUT2D eigenvalue weighted by Crippen LogP contribution is 2.24. The first kappa shape index (κ1) is 14.9. The normalized spacial score (nSPS) is 12.5. The van der Waals surface area contributed by atoms with Gasteiger partial charge in [0.15, 0.2) is 0 Å². The molecule has 2 heteroatoms. The molecule has 0 fully saturated rings. The number of hydrogen-bond acceptors (Lipinski definition) is 2. The van der Waals surface area contributed by atoms with Crippen LogP contribution in [-0.4, -0.2) is 4.98 Å². The Balaban J connectivity index is 1.55. The predicted molar refractivity (Wildman–Crippen MR) is 101 cm³/mol. The number of rotatable bonds is 4. The molecule has 1 heterocycles. The fraction of sp³-hybridized carbons (Fsp3) is 0.136. The third-order valence-electron chi connectivity index (χ3n) is 4.54. The predicted octanol–water partition coefficient (Wildman–Crippen LogP) is 5.24. The van der Waals surface area contributed by atoms with Crippen molar-refractivity contribution < 1.29 is 0 Å². The van der Waals surface area contributed by atoms with Crippen LogP contribution in [0.2, 0.25) is 0 Å². The van der Waals surface area contributed by atoms with Crippen molar-refractivity contribution in [2.24, 2.45) is 0 Å².